The molecule has 2 aromatic heterocycles. The minimum atomic E-state index is -0.0525. The summed E-state index contributed by atoms with van der Waals surface area (Å²) in [7, 11) is 0. The predicted molar refractivity (Wildman–Crippen MR) is 105 cm³/mol. The molecule has 1 aromatic carbocycles. The van der Waals surface area contributed by atoms with E-state index in [2.05, 4.69) is 48.4 Å². The number of nitrogens with zero attached hydrogens (tertiary/aromatic N) is 2. The number of aryl methyl sites for hydroxylation is 5. The van der Waals surface area contributed by atoms with Crippen molar-refractivity contribution in [3.05, 3.63) is 51.2 Å². The maximum absolute atomic E-state index is 12.3. The minimum Gasteiger partial charge on any atom is -0.361 e. The Morgan fingerprint density at radius 1 is 1.15 bits per heavy atom. The summed E-state index contributed by atoms with van der Waals surface area (Å²) in [5.74, 6) is 0.723. The predicted octanol–water partition coefficient (Wildman–Crippen LogP) is 4.91. The molecule has 0 unspecified atom stereocenters. The number of hydrogen-bond donors (Lipinski definition) is 1. The van der Waals surface area contributed by atoms with E-state index >= 15 is 0 Å². The van der Waals surface area contributed by atoms with Crippen molar-refractivity contribution in [3.63, 3.8) is 0 Å². The van der Waals surface area contributed by atoms with Crippen LogP contribution in [0, 0.1) is 34.6 Å². The third kappa shape index (κ3) is 3.85. The van der Waals surface area contributed by atoms with Crippen molar-refractivity contribution in [2.75, 3.05) is 5.32 Å². The summed E-state index contributed by atoms with van der Waals surface area (Å²) in [6.45, 7) is 10.0. The largest absolute Gasteiger partial charge is 0.361 e. The Hall–Kier alpha value is -2.47. The fourth-order valence-corrected chi connectivity index (χ4v) is 4.03. The van der Waals surface area contributed by atoms with Crippen molar-refractivity contribution in [2.45, 2.75) is 47.5 Å². The van der Waals surface area contributed by atoms with Gasteiger partial charge >= 0.3 is 0 Å². The van der Waals surface area contributed by atoms with E-state index in [-0.39, 0.29) is 5.91 Å². The van der Waals surface area contributed by atoms with E-state index in [1.807, 2.05) is 19.2 Å². The molecule has 0 spiro atoms. The highest BCUT2D eigenvalue weighted by Crippen LogP contribution is 2.31. The first-order valence-corrected chi connectivity index (χ1v) is 9.48. The molecular formula is C20H23N3O2S. The van der Waals surface area contributed by atoms with Gasteiger partial charge in [0.2, 0.25) is 5.91 Å². The number of nitrogens with one attached hydrogen (secondary N) is 1. The fourth-order valence-electron chi connectivity index (χ4n) is 3.31. The Morgan fingerprint density at radius 2 is 1.85 bits per heavy atom. The second kappa shape index (κ2) is 7.41. The summed E-state index contributed by atoms with van der Waals surface area (Å²) in [4.78, 5) is 16.9. The highest BCUT2D eigenvalue weighted by atomic mass is 32.1. The molecule has 136 valence electrons. The van der Waals surface area contributed by atoms with Gasteiger partial charge in [-0.2, -0.15) is 0 Å². The van der Waals surface area contributed by atoms with Gasteiger partial charge in [-0.05, 0) is 52.2 Å². The summed E-state index contributed by atoms with van der Waals surface area (Å²) in [5, 5.41) is 9.44. The highest BCUT2D eigenvalue weighted by Gasteiger charge is 2.14. The Labute approximate surface area is 157 Å². The number of thiazole rings is 1. The van der Waals surface area contributed by atoms with Crippen LogP contribution in [0.2, 0.25) is 0 Å². The van der Waals surface area contributed by atoms with Crippen molar-refractivity contribution in [3.8, 4) is 11.3 Å². The van der Waals surface area contributed by atoms with Crippen LogP contribution in [0.5, 0.6) is 0 Å². The third-order valence-corrected chi connectivity index (χ3v) is 5.22. The molecule has 0 atom stereocenters. The average molecular weight is 369 g/mol. The number of amides is 1. The second-order valence-electron chi connectivity index (χ2n) is 6.66. The fraction of sp³-hybridized carbons (Fsp3) is 0.350. The minimum absolute atomic E-state index is 0.0525. The van der Waals surface area contributed by atoms with Gasteiger partial charge in [-0.1, -0.05) is 22.9 Å². The highest BCUT2D eigenvalue weighted by molar-refractivity contribution is 7.14. The van der Waals surface area contributed by atoms with Crippen LogP contribution in [0.4, 0.5) is 5.13 Å². The van der Waals surface area contributed by atoms with Gasteiger partial charge < -0.3 is 9.84 Å². The van der Waals surface area contributed by atoms with Gasteiger partial charge in [-0.15, -0.1) is 11.3 Å². The van der Waals surface area contributed by atoms with Crippen LogP contribution >= 0.6 is 11.3 Å². The molecule has 3 rings (SSSR count). The molecule has 5 nitrogen and oxygen atoms in total. The van der Waals surface area contributed by atoms with E-state index in [0.717, 1.165) is 28.3 Å². The van der Waals surface area contributed by atoms with E-state index in [9.17, 15) is 4.79 Å². The Balaban J connectivity index is 1.68. The van der Waals surface area contributed by atoms with Crippen molar-refractivity contribution in [1.29, 1.82) is 0 Å². The van der Waals surface area contributed by atoms with Gasteiger partial charge in [-0.3, -0.25) is 4.79 Å². The number of rotatable bonds is 5. The van der Waals surface area contributed by atoms with Gasteiger partial charge in [0.1, 0.15) is 5.76 Å². The lowest BCUT2D eigenvalue weighted by atomic mass is 9.98. The Bertz CT molecular complexity index is 913. The van der Waals surface area contributed by atoms with Crippen LogP contribution in [0.3, 0.4) is 0 Å². The topological polar surface area (TPSA) is 68.0 Å². The van der Waals surface area contributed by atoms with E-state index < -0.39 is 0 Å². The lowest BCUT2D eigenvalue weighted by Gasteiger charge is -2.08. The van der Waals surface area contributed by atoms with Gasteiger partial charge in [0, 0.05) is 22.9 Å². The smallest absolute Gasteiger partial charge is 0.226 e. The second-order valence-corrected chi connectivity index (χ2v) is 7.52. The SMILES string of the molecule is Cc1cc(C)c(-c2csc(NC(=O)CCc3c(C)noc3C)n2)c(C)c1. The first kappa shape index (κ1) is 18.3. The number of carbonyl (C=O) groups excluding carboxylic acids is 1. The zero-order valence-electron chi connectivity index (χ0n) is 15.8. The first-order valence-electron chi connectivity index (χ1n) is 8.60. The zero-order valence-corrected chi connectivity index (χ0v) is 16.6. The molecule has 3 aromatic rings. The standard InChI is InChI=1S/C20H23N3O2S/c1-11-8-12(2)19(13(3)9-11)17-10-26-20(21-17)22-18(24)7-6-16-14(4)23-25-15(16)5/h8-10H,6-7H2,1-5H3,(H,21,22,24). The molecule has 6 heteroatoms. The van der Waals surface area contributed by atoms with Gasteiger partial charge in [0.05, 0.1) is 11.4 Å². The zero-order chi connectivity index (χ0) is 18.8. The van der Waals surface area contributed by atoms with Crippen molar-refractivity contribution < 1.29 is 9.32 Å². The number of anilines is 1. The molecule has 0 radical (unpaired) electrons. The van der Waals surface area contributed by atoms with E-state index in [1.165, 1.54) is 28.0 Å². The summed E-state index contributed by atoms with van der Waals surface area (Å²) < 4.78 is 5.14. The summed E-state index contributed by atoms with van der Waals surface area (Å²) in [6.07, 6.45) is 0.988. The number of carbonyl (C=O) groups is 1. The van der Waals surface area contributed by atoms with Gasteiger partial charge in [0.25, 0.3) is 0 Å². The van der Waals surface area contributed by atoms with Crippen LogP contribution in [0.1, 0.15) is 40.1 Å². The quantitative estimate of drug-likeness (QED) is 0.694. The Morgan fingerprint density at radius 3 is 2.46 bits per heavy atom. The van der Waals surface area contributed by atoms with E-state index in [4.69, 9.17) is 4.52 Å². The summed E-state index contributed by atoms with van der Waals surface area (Å²) in [6, 6.07) is 4.31. The molecule has 0 aliphatic rings. The van der Waals surface area contributed by atoms with Crippen molar-refractivity contribution in [1.82, 2.24) is 10.1 Å². The molecule has 0 fully saturated rings. The molecule has 0 aliphatic heterocycles. The lowest BCUT2D eigenvalue weighted by Crippen LogP contribution is -2.12. The van der Waals surface area contributed by atoms with Crippen molar-refractivity contribution >= 4 is 22.4 Å². The molecular weight excluding hydrogens is 346 g/mol. The third-order valence-electron chi connectivity index (χ3n) is 4.47. The maximum Gasteiger partial charge on any atom is 0.226 e. The molecule has 1 amide bonds. The summed E-state index contributed by atoms with van der Waals surface area (Å²) in [5.41, 5.74) is 7.54. The molecule has 26 heavy (non-hydrogen) atoms. The normalized spacial score (nSPS) is 11.0. The van der Waals surface area contributed by atoms with Crippen molar-refractivity contribution in [2.24, 2.45) is 0 Å². The van der Waals surface area contributed by atoms with E-state index in [0.29, 0.717) is 18.0 Å². The first-order chi connectivity index (χ1) is 12.3. The van der Waals surface area contributed by atoms with Crippen LogP contribution in [0.25, 0.3) is 11.3 Å². The van der Waals surface area contributed by atoms with Gasteiger partial charge in [0.15, 0.2) is 5.13 Å². The maximum atomic E-state index is 12.3. The molecule has 1 N–H and O–H groups in total. The number of hydrogen-bond acceptors (Lipinski definition) is 5. The molecule has 0 saturated carbocycles. The summed E-state index contributed by atoms with van der Waals surface area (Å²) >= 11 is 1.45. The molecule has 0 saturated heterocycles. The molecule has 0 bridgehead atoms. The van der Waals surface area contributed by atoms with Gasteiger partial charge in [-0.25, -0.2) is 4.98 Å². The average Bonchev–Trinajstić information content (AvgIpc) is 3.12. The van der Waals surface area contributed by atoms with E-state index in [1.54, 1.807) is 0 Å². The monoisotopic (exact) mass is 369 g/mol. The van der Waals surface area contributed by atoms with Crippen LogP contribution in [-0.2, 0) is 11.2 Å². The van der Waals surface area contributed by atoms with Crippen LogP contribution in [-0.4, -0.2) is 16.0 Å². The van der Waals surface area contributed by atoms with Crippen LogP contribution < -0.4 is 5.32 Å². The number of benzene rings is 1. The molecule has 2 heterocycles. The molecule has 0 aliphatic carbocycles. The van der Waals surface area contributed by atoms with Crippen LogP contribution in [0.15, 0.2) is 22.0 Å². The number of aromatic nitrogens is 2. The lowest BCUT2D eigenvalue weighted by molar-refractivity contribution is -0.116. The Kier molecular flexibility index (Phi) is 5.23.